The maximum Gasteiger partial charge on any atom is 2.00 e. The Bertz CT molecular complexity index is 3420. The van der Waals surface area contributed by atoms with Gasteiger partial charge in [0.15, 0.2) is 6.23 Å². The molecule has 0 aliphatic carbocycles. The molecule has 17 N–H and O–H groups in total. The van der Waals surface area contributed by atoms with Gasteiger partial charge in [0.1, 0.15) is 18.3 Å². The number of primary amides is 6. The van der Waals surface area contributed by atoms with Gasteiger partial charge in [0, 0.05) is 125 Å². The summed E-state index contributed by atoms with van der Waals surface area (Å²) in [5.41, 5.74) is 38.9. The van der Waals surface area contributed by atoms with Crippen molar-refractivity contribution in [3.8, 4) is 0 Å². The average Bonchev–Trinajstić information content (AvgIpc) is 1.56. The number of nitrogens with zero attached hydrogens (tertiary/aromatic N) is 4. The normalized spacial score (nSPS) is 33.7. The molecule has 0 spiro atoms. The maximum atomic E-state index is 14.3. The number of phosphoric acid groups is 1. The van der Waals surface area contributed by atoms with Gasteiger partial charge in [0.25, 0.3) is 7.82 Å². The number of hydrogen-bond donors (Lipinski definition) is 11. The topological polar surface area (TPSA) is 463 Å². The summed E-state index contributed by atoms with van der Waals surface area (Å²) in [5.74, 6) is -6.82. The Morgan fingerprint density at radius 1 is 0.824 bits per heavy atom. The van der Waals surface area contributed by atoms with E-state index in [2.05, 4.69) is 20.9 Å². The van der Waals surface area contributed by atoms with Crippen molar-refractivity contribution in [2.75, 3.05) is 13.2 Å². The number of aliphatic imine (C=N–C) groups is 2. The van der Waals surface area contributed by atoms with Crippen molar-refractivity contribution in [1.82, 2.24) is 25.5 Å². The molecular weight excluding hydrogens is 1240 g/mol. The Kier molecular flexibility index (Phi) is 22.7. The van der Waals surface area contributed by atoms with E-state index in [-0.39, 0.29) is 101 Å². The number of aliphatic hydroxyl groups excluding tert-OH is 2. The summed E-state index contributed by atoms with van der Waals surface area (Å²) in [6, 6.07) is 1.23. The number of allylic oxidation sites excluding steroid dienone is 5. The van der Waals surface area contributed by atoms with Crippen LogP contribution in [0.1, 0.15) is 143 Å². The van der Waals surface area contributed by atoms with Gasteiger partial charge in [-0.25, -0.2) is 4.98 Å². The number of fused-ring (bicyclic) bond motifs is 8. The number of nitrogens with one attached hydrogen (secondary N) is 3. The van der Waals surface area contributed by atoms with Gasteiger partial charge < -0.3 is 91.2 Å². The summed E-state index contributed by atoms with van der Waals surface area (Å²) in [6.07, 6.45) is -4.11. The van der Waals surface area contributed by atoms with Crippen LogP contribution in [0.5, 0.6) is 0 Å². The van der Waals surface area contributed by atoms with Crippen molar-refractivity contribution in [2.45, 2.75) is 189 Å². The molecule has 8 bridgehead atoms. The van der Waals surface area contributed by atoms with Gasteiger partial charge >= 0.3 is 16.8 Å². The number of nitrogens with two attached hydrogens (primary N) is 6. The monoisotopic (exact) mass is 1330 g/mol. The zero-order chi connectivity index (χ0) is 65.8. The van der Waals surface area contributed by atoms with Gasteiger partial charge in [-0.1, -0.05) is 34.6 Å². The van der Waals surface area contributed by atoms with Crippen molar-refractivity contribution in [3.05, 3.63) is 71.3 Å². The molecule has 0 saturated carbocycles. The van der Waals surface area contributed by atoms with Crippen LogP contribution >= 0.6 is 7.82 Å². The second kappa shape index (κ2) is 28.1. The van der Waals surface area contributed by atoms with Crippen LogP contribution in [-0.2, 0) is 68.7 Å². The molecule has 1 aromatic carbocycles. The maximum absolute atomic E-state index is 14.3. The summed E-state index contributed by atoms with van der Waals surface area (Å²) < 4.78 is 31.9. The fraction of sp³-hybridized carbons (Fsp3) is 0.629. The fourth-order valence-electron chi connectivity index (χ4n) is 15.5. The Balaban J connectivity index is 0.00000658. The van der Waals surface area contributed by atoms with Gasteiger partial charge in [-0.2, -0.15) is 0 Å². The minimum Gasteiger partial charge on any atom is -0.756 e. The van der Waals surface area contributed by atoms with Crippen LogP contribution < -0.4 is 55.2 Å². The number of benzene rings is 1. The summed E-state index contributed by atoms with van der Waals surface area (Å²) in [5, 5.41) is 32.0. The van der Waals surface area contributed by atoms with Crippen molar-refractivity contribution in [2.24, 2.45) is 89.7 Å². The zero-order valence-corrected chi connectivity index (χ0v) is 55.7. The van der Waals surface area contributed by atoms with E-state index in [1.54, 1.807) is 0 Å². The third-order valence-corrected chi connectivity index (χ3v) is 21.4. The number of rotatable bonds is 26. The van der Waals surface area contributed by atoms with Gasteiger partial charge in [-0.3, -0.25) is 48.1 Å². The van der Waals surface area contributed by atoms with Crippen molar-refractivity contribution < 1.29 is 83.8 Å². The van der Waals surface area contributed by atoms with E-state index in [0.717, 1.165) is 11.1 Å². The number of aliphatic hydroxyl groups is 2. The molecule has 7 amide bonds. The molecule has 8 rings (SSSR count). The number of ether oxygens (including phenoxy) is 1. The first-order valence-electron chi connectivity index (χ1n) is 30.3. The molecule has 6 aliphatic heterocycles. The van der Waals surface area contributed by atoms with Crippen LogP contribution in [0.3, 0.4) is 0 Å². The molecule has 12 unspecified atom stereocenters. The molecule has 503 valence electrons. The minimum atomic E-state index is -5.31. The number of imidazole rings is 1. The van der Waals surface area contributed by atoms with Crippen molar-refractivity contribution in [1.29, 1.82) is 0 Å². The van der Waals surface area contributed by atoms with Crippen LogP contribution in [0.2, 0.25) is 0 Å². The first-order chi connectivity index (χ1) is 41.5. The number of hydrogen-bond acceptors (Lipinski definition) is 19. The molecule has 91 heavy (non-hydrogen) atoms. The van der Waals surface area contributed by atoms with Crippen LogP contribution in [0.25, 0.3) is 11.0 Å². The van der Waals surface area contributed by atoms with Crippen LogP contribution in [0.4, 0.5) is 0 Å². The van der Waals surface area contributed by atoms with E-state index in [1.807, 2.05) is 80.5 Å². The Hall–Kier alpha value is -6.36. The zero-order valence-electron chi connectivity index (χ0n) is 53.8. The van der Waals surface area contributed by atoms with Gasteiger partial charge in [-0.05, 0) is 101 Å². The number of amides is 7. The summed E-state index contributed by atoms with van der Waals surface area (Å²) in [7, 11) is -5.31. The van der Waals surface area contributed by atoms with E-state index in [1.165, 1.54) is 17.8 Å². The third kappa shape index (κ3) is 14.7. The van der Waals surface area contributed by atoms with Gasteiger partial charge in [0.05, 0.1) is 48.2 Å². The summed E-state index contributed by atoms with van der Waals surface area (Å²) in [6.45, 7) is 17.5. The summed E-state index contributed by atoms with van der Waals surface area (Å²) >= 11 is 0. The van der Waals surface area contributed by atoms with E-state index >= 15 is 0 Å². The molecule has 1 aromatic heterocycles. The first kappa shape index (κ1) is 73.7. The Morgan fingerprint density at radius 3 is 1.99 bits per heavy atom. The van der Waals surface area contributed by atoms with E-state index in [9.17, 15) is 53.2 Å². The molecular formula is C62H92CoN13O14P. The molecule has 29 heteroatoms. The predicted molar refractivity (Wildman–Crippen MR) is 333 cm³/mol. The molecule has 16 atom stereocenters. The minimum absolute atomic E-state index is 0. The SMILES string of the molecule is C/C1=C2N=C(/C=C3\NC(/C(C)=C4\NC(C5N=C1C(C)(CCC(=O)NCC(C)OP(=O)([O-])O[C@H]1[C@@H](O)[C@@H](n6cnc7cc(C)c(C)cc76)O[C@@H]1CO)C5CC(N)=O)C(C)(CC(N)=O)C4CCC(N)=O)C(C)(CC(N)=O)C3CCC(N)=O)C(C)(C)C/2CCC(N)=O.[CH3-].[Co+2]. The molecule has 2 aromatic rings. The third-order valence-electron chi connectivity index (χ3n) is 20.2. The molecule has 7 heterocycles. The molecule has 3 fully saturated rings. The van der Waals surface area contributed by atoms with Crippen LogP contribution in [0, 0.1) is 66.6 Å². The van der Waals surface area contributed by atoms with Crippen LogP contribution in [0.15, 0.2) is 62.8 Å². The largest absolute Gasteiger partial charge is 2.00 e. The van der Waals surface area contributed by atoms with Gasteiger partial charge in [0.2, 0.25) is 41.4 Å². The number of carbonyl (C=O) groups excluding carboxylic acids is 7. The number of phosphoric ester groups is 1. The standard InChI is InChI=1S/C61H90N13O14P.CH3.Co/c1-28-19-38-39(20-29(28)2)74(27-69-38)57-52(83)53(40(26-75)86-57)88-89(84,85)87-30(3)25-68-48(82)17-18-59(8)36(21-45(65)79)51-56-61(10,24-47(67)81)35(13-16-44(64)78)50(72-56)32(5)55-60(9,23-46(66)80)33(11-14-42(62)76)37(70-55)22-41-58(6,7)34(12-15-43(63)77)49(71-41)31(4)54(59)73-51;;/h19-20,22,27,30,33-36,40,51-53,55-57,70,72,75,83H,11-18,21,23-26H2,1-10H3,(H2,62,76)(H2,63,77)(H2,64,78)(H2,65,79)(H2,66,80)(H2,67,81)(H,68,82)(H,84,85);1H3;/q;-1;+2/p-1/b37-22-,49-31-,50-32-;;/t30?,33?,34?,35?,36?,40-,51?,52-,53-,55?,56?,57+,59?,60?,61?;;/m1../s1. The van der Waals surface area contributed by atoms with E-state index in [0.29, 0.717) is 50.7 Å². The van der Waals surface area contributed by atoms with Crippen molar-refractivity contribution in [3.63, 3.8) is 0 Å². The van der Waals surface area contributed by atoms with E-state index in [4.69, 9.17) is 58.2 Å². The van der Waals surface area contributed by atoms with Crippen molar-refractivity contribution >= 4 is 71.6 Å². The smallest absolute Gasteiger partial charge is 0.756 e. The Labute approximate surface area is 541 Å². The quantitative estimate of drug-likeness (QED) is 0.0474. The Morgan fingerprint density at radius 2 is 1.41 bits per heavy atom. The van der Waals surface area contributed by atoms with Crippen LogP contribution in [-0.4, -0.2) is 128 Å². The number of aromatic nitrogens is 2. The predicted octanol–water partition coefficient (Wildman–Crippen LogP) is 2.11. The van der Waals surface area contributed by atoms with Gasteiger partial charge in [-0.15, -0.1) is 0 Å². The van der Waals surface area contributed by atoms with E-state index < -0.39 is 150 Å². The molecule has 1 radical (unpaired) electrons. The molecule has 6 aliphatic rings. The second-order valence-corrected chi connectivity index (χ2v) is 28.1. The number of carbonyl (C=O) groups is 7. The average molecular weight is 1330 g/mol. The first-order valence-corrected chi connectivity index (χ1v) is 31.8. The summed E-state index contributed by atoms with van der Waals surface area (Å²) in [4.78, 5) is 122. The number of aryl methyl sites for hydroxylation is 2. The second-order valence-electron chi connectivity index (χ2n) is 26.8. The fourth-order valence-corrected chi connectivity index (χ4v) is 16.6. The molecule has 27 nitrogen and oxygen atoms in total. The molecule has 3 saturated heterocycles.